The molecule has 4 heteroatoms. The minimum atomic E-state index is -0.767. The highest BCUT2D eigenvalue weighted by atomic mass is 16.2. The van der Waals surface area contributed by atoms with Crippen molar-refractivity contribution in [3.8, 4) is 0 Å². The maximum absolute atomic E-state index is 13.2. The normalized spacial score (nSPS) is 19.2. The molecule has 0 aromatic heterocycles. The molecule has 0 N–H and O–H groups in total. The second-order valence-electron chi connectivity index (χ2n) is 7.45. The van der Waals surface area contributed by atoms with Gasteiger partial charge in [0.15, 0.2) is 0 Å². The van der Waals surface area contributed by atoms with Crippen LogP contribution >= 0.6 is 0 Å². The number of likely N-dealkylation sites (tertiary alicyclic amines) is 1. The Morgan fingerprint density at radius 2 is 1.71 bits per heavy atom. The minimum Gasteiger partial charge on any atom is -0.342 e. The Morgan fingerprint density at radius 1 is 1.08 bits per heavy atom. The molecule has 0 bridgehead atoms. The van der Waals surface area contributed by atoms with Crippen molar-refractivity contribution in [1.82, 2.24) is 9.80 Å². The smallest absolute Gasteiger partial charge is 0.238 e. The summed E-state index contributed by atoms with van der Waals surface area (Å²) in [6.45, 7) is 6.26. The Bertz CT molecular complexity index is 587. The van der Waals surface area contributed by atoms with E-state index in [0.717, 1.165) is 31.5 Å². The molecule has 4 nitrogen and oxygen atoms in total. The van der Waals surface area contributed by atoms with Crippen molar-refractivity contribution in [1.29, 1.82) is 0 Å². The first-order valence-electron chi connectivity index (χ1n) is 9.19. The Morgan fingerprint density at radius 3 is 2.25 bits per heavy atom. The van der Waals surface area contributed by atoms with E-state index < -0.39 is 5.41 Å². The van der Waals surface area contributed by atoms with Crippen LogP contribution in [-0.2, 0) is 16.1 Å². The van der Waals surface area contributed by atoms with Crippen molar-refractivity contribution in [3.05, 3.63) is 35.9 Å². The third kappa shape index (κ3) is 3.33. The zero-order valence-corrected chi connectivity index (χ0v) is 14.8. The van der Waals surface area contributed by atoms with Crippen molar-refractivity contribution in [2.75, 3.05) is 13.1 Å². The summed E-state index contributed by atoms with van der Waals surface area (Å²) in [5.74, 6) is 0.0999. The molecule has 1 saturated carbocycles. The number of rotatable bonds is 5. The first kappa shape index (κ1) is 17.0. The monoisotopic (exact) mass is 328 g/mol. The van der Waals surface area contributed by atoms with Crippen LogP contribution < -0.4 is 0 Å². The molecule has 1 saturated heterocycles. The maximum atomic E-state index is 13.2. The molecule has 1 aliphatic heterocycles. The van der Waals surface area contributed by atoms with E-state index in [1.54, 1.807) is 0 Å². The number of nitrogens with zero attached hydrogens (tertiary/aromatic N) is 2. The van der Waals surface area contributed by atoms with Crippen LogP contribution in [0.5, 0.6) is 0 Å². The lowest BCUT2D eigenvalue weighted by atomic mass is 9.99. The molecular weight excluding hydrogens is 300 g/mol. The van der Waals surface area contributed by atoms with Gasteiger partial charge in [-0.2, -0.15) is 0 Å². The molecule has 3 rings (SSSR count). The van der Waals surface area contributed by atoms with Gasteiger partial charge >= 0.3 is 0 Å². The van der Waals surface area contributed by atoms with Gasteiger partial charge in [0.05, 0.1) is 0 Å². The van der Waals surface area contributed by atoms with E-state index in [-0.39, 0.29) is 17.9 Å². The van der Waals surface area contributed by atoms with Gasteiger partial charge in [0, 0.05) is 25.7 Å². The molecule has 0 spiro atoms. The number of hydrogen-bond donors (Lipinski definition) is 0. The minimum absolute atomic E-state index is 0.0249. The predicted molar refractivity (Wildman–Crippen MR) is 94.2 cm³/mol. The number of carbonyl (C=O) groups is 2. The fraction of sp³-hybridized carbons (Fsp3) is 0.600. The largest absolute Gasteiger partial charge is 0.342 e. The number of piperidine rings is 1. The van der Waals surface area contributed by atoms with E-state index >= 15 is 0 Å². The van der Waals surface area contributed by atoms with Crippen molar-refractivity contribution < 1.29 is 9.59 Å². The Labute approximate surface area is 144 Å². The van der Waals surface area contributed by atoms with E-state index in [0.29, 0.717) is 19.4 Å². The second-order valence-corrected chi connectivity index (χ2v) is 7.45. The van der Waals surface area contributed by atoms with Crippen LogP contribution in [0.2, 0.25) is 0 Å². The molecule has 0 unspecified atom stereocenters. The number of amides is 2. The average molecular weight is 328 g/mol. The lowest BCUT2D eigenvalue weighted by molar-refractivity contribution is -0.151. The summed E-state index contributed by atoms with van der Waals surface area (Å²) in [6.07, 6.45) is 4.73. The molecule has 130 valence electrons. The number of hydrogen-bond acceptors (Lipinski definition) is 2. The highest BCUT2D eigenvalue weighted by Crippen LogP contribution is 2.49. The SMILES string of the molecule is CC(C)N(Cc1ccccc1)C(=O)C1(C(=O)N2CCCCC2)CC1. The van der Waals surface area contributed by atoms with Crippen molar-refractivity contribution in [2.45, 2.75) is 58.5 Å². The number of benzene rings is 1. The Hall–Kier alpha value is -1.84. The summed E-state index contributed by atoms with van der Waals surface area (Å²) in [5, 5.41) is 0. The molecular formula is C20H28N2O2. The summed E-state index contributed by atoms with van der Waals surface area (Å²) in [4.78, 5) is 30.0. The van der Waals surface area contributed by atoms with Gasteiger partial charge in [-0.15, -0.1) is 0 Å². The molecule has 2 amide bonds. The van der Waals surface area contributed by atoms with Crippen LogP contribution in [0.4, 0.5) is 0 Å². The van der Waals surface area contributed by atoms with Crippen molar-refractivity contribution in [2.24, 2.45) is 5.41 Å². The van der Waals surface area contributed by atoms with Gasteiger partial charge in [0.2, 0.25) is 11.8 Å². The summed E-state index contributed by atoms with van der Waals surface area (Å²) in [7, 11) is 0. The fourth-order valence-electron chi connectivity index (χ4n) is 3.59. The summed E-state index contributed by atoms with van der Waals surface area (Å²) in [5.41, 5.74) is 0.344. The highest BCUT2D eigenvalue weighted by Gasteiger charge is 2.59. The van der Waals surface area contributed by atoms with E-state index in [2.05, 4.69) is 0 Å². The molecule has 1 aromatic rings. The third-order valence-electron chi connectivity index (χ3n) is 5.29. The van der Waals surface area contributed by atoms with E-state index in [9.17, 15) is 9.59 Å². The summed E-state index contributed by atoms with van der Waals surface area (Å²) < 4.78 is 0. The first-order valence-corrected chi connectivity index (χ1v) is 9.19. The van der Waals surface area contributed by atoms with Crippen molar-refractivity contribution >= 4 is 11.8 Å². The zero-order chi connectivity index (χ0) is 17.2. The lowest BCUT2D eigenvalue weighted by Gasteiger charge is -2.34. The molecule has 0 radical (unpaired) electrons. The quantitative estimate of drug-likeness (QED) is 0.779. The van der Waals surface area contributed by atoms with Gasteiger partial charge in [-0.1, -0.05) is 30.3 Å². The van der Waals surface area contributed by atoms with Gasteiger partial charge in [0.1, 0.15) is 5.41 Å². The van der Waals surface area contributed by atoms with E-state index in [1.165, 1.54) is 6.42 Å². The van der Waals surface area contributed by atoms with Crippen LogP contribution in [0.15, 0.2) is 30.3 Å². The summed E-state index contributed by atoms with van der Waals surface area (Å²) >= 11 is 0. The maximum Gasteiger partial charge on any atom is 0.238 e. The Kier molecular flexibility index (Phi) is 4.93. The van der Waals surface area contributed by atoms with Gasteiger partial charge < -0.3 is 9.80 Å². The third-order valence-corrected chi connectivity index (χ3v) is 5.29. The van der Waals surface area contributed by atoms with Gasteiger partial charge in [-0.3, -0.25) is 9.59 Å². The molecule has 2 aliphatic rings. The molecule has 1 aliphatic carbocycles. The predicted octanol–water partition coefficient (Wildman–Crippen LogP) is 3.22. The zero-order valence-electron chi connectivity index (χ0n) is 14.8. The van der Waals surface area contributed by atoms with Crippen molar-refractivity contribution in [3.63, 3.8) is 0 Å². The topological polar surface area (TPSA) is 40.6 Å². The Balaban J connectivity index is 1.75. The highest BCUT2D eigenvalue weighted by molar-refractivity contribution is 6.08. The lowest BCUT2D eigenvalue weighted by Crippen LogP contribution is -2.49. The van der Waals surface area contributed by atoms with Crippen LogP contribution in [0.1, 0.15) is 51.5 Å². The van der Waals surface area contributed by atoms with Gasteiger partial charge in [-0.05, 0) is 51.5 Å². The molecule has 24 heavy (non-hydrogen) atoms. The first-order chi connectivity index (χ1) is 11.5. The molecule has 1 aromatic carbocycles. The van der Waals surface area contributed by atoms with Crippen LogP contribution in [-0.4, -0.2) is 40.7 Å². The summed E-state index contributed by atoms with van der Waals surface area (Å²) in [6, 6.07) is 10.1. The van der Waals surface area contributed by atoms with E-state index in [1.807, 2.05) is 54.0 Å². The van der Waals surface area contributed by atoms with E-state index in [4.69, 9.17) is 0 Å². The molecule has 0 atom stereocenters. The van der Waals surface area contributed by atoms with Gasteiger partial charge in [-0.25, -0.2) is 0 Å². The molecule has 1 heterocycles. The second kappa shape index (κ2) is 6.96. The van der Waals surface area contributed by atoms with Gasteiger partial charge in [0.25, 0.3) is 0 Å². The average Bonchev–Trinajstić information content (AvgIpc) is 3.42. The van der Waals surface area contributed by atoms with Crippen LogP contribution in [0.3, 0.4) is 0 Å². The standard InChI is InChI=1S/C20H28N2O2/c1-16(2)22(15-17-9-5-3-6-10-17)19(24)20(11-12-20)18(23)21-13-7-4-8-14-21/h3,5-6,9-10,16H,4,7-8,11-15H2,1-2H3. The van der Waals surface area contributed by atoms with Crippen LogP contribution in [0, 0.1) is 5.41 Å². The van der Waals surface area contributed by atoms with Crippen LogP contribution in [0.25, 0.3) is 0 Å². The number of carbonyl (C=O) groups excluding carboxylic acids is 2. The fourth-order valence-corrected chi connectivity index (χ4v) is 3.59. The molecule has 2 fully saturated rings.